The Morgan fingerprint density at radius 2 is 1.89 bits per heavy atom. The van der Waals surface area contributed by atoms with Crippen LogP contribution in [0.5, 0.6) is 0 Å². The maximum Gasteiger partial charge on any atom is 0.132 e. The number of nitrogens with one attached hydrogen (secondary N) is 2. The van der Waals surface area contributed by atoms with Crippen LogP contribution >= 0.6 is 0 Å². The lowest BCUT2D eigenvalue weighted by Crippen LogP contribution is -2.32. The van der Waals surface area contributed by atoms with E-state index in [1.807, 2.05) is 6.07 Å². The molecule has 4 heteroatoms. The number of rotatable bonds is 4. The second kappa shape index (κ2) is 7.17. The first-order valence-corrected chi connectivity index (χ1v) is 10.4. The Labute approximate surface area is 165 Å². The van der Waals surface area contributed by atoms with E-state index in [-0.39, 0.29) is 5.82 Å². The molecule has 1 saturated carbocycles. The minimum absolute atomic E-state index is 0.223. The zero-order valence-electron chi connectivity index (χ0n) is 16.3. The fraction of sp³-hybridized carbons (Fsp3) is 0.375. The molecular formula is C24H26FN3. The van der Waals surface area contributed by atoms with Crippen LogP contribution in [0.1, 0.15) is 49.3 Å². The number of H-pyrrole nitrogens is 1. The highest BCUT2D eigenvalue weighted by molar-refractivity contribution is 5.81. The maximum atomic E-state index is 14.3. The van der Waals surface area contributed by atoms with Crippen molar-refractivity contribution in [2.75, 3.05) is 0 Å². The van der Waals surface area contributed by atoms with Crippen molar-refractivity contribution >= 4 is 0 Å². The summed E-state index contributed by atoms with van der Waals surface area (Å²) in [5, 5.41) is 11.3. The summed E-state index contributed by atoms with van der Waals surface area (Å²) in [6.45, 7) is 3.27. The largest absolute Gasteiger partial charge is 0.310 e. The molecule has 2 aromatic carbocycles. The lowest BCUT2D eigenvalue weighted by atomic mass is 9.87. The lowest BCUT2D eigenvalue weighted by Gasteiger charge is -2.27. The molecule has 0 amide bonds. The molecule has 2 N–H and O–H groups in total. The Balaban J connectivity index is 1.34. The van der Waals surface area contributed by atoms with E-state index in [0.29, 0.717) is 11.6 Å². The summed E-state index contributed by atoms with van der Waals surface area (Å²) in [7, 11) is 0. The lowest BCUT2D eigenvalue weighted by molar-refractivity contribution is 0.306. The third-order valence-corrected chi connectivity index (χ3v) is 6.41. The van der Waals surface area contributed by atoms with Gasteiger partial charge in [0.2, 0.25) is 0 Å². The minimum Gasteiger partial charge on any atom is -0.310 e. The molecule has 2 aliphatic rings. The van der Waals surface area contributed by atoms with Gasteiger partial charge in [0.05, 0.1) is 11.4 Å². The number of aromatic nitrogens is 2. The molecular weight excluding hydrogens is 349 g/mol. The van der Waals surface area contributed by atoms with Crippen LogP contribution in [0.3, 0.4) is 0 Å². The fourth-order valence-corrected chi connectivity index (χ4v) is 4.70. The predicted molar refractivity (Wildman–Crippen MR) is 110 cm³/mol. The van der Waals surface area contributed by atoms with E-state index in [1.165, 1.54) is 48.4 Å². The molecule has 0 unspecified atom stereocenters. The van der Waals surface area contributed by atoms with E-state index in [4.69, 9.17) is 0 Å². The van der Waals surface area contributed by atoms with Crippen molar-refractivity contribution in [3.05, 3.63) is 65.0 Å². The van der Waals surface area contributed by atoms with Gasteiger partial charge in [-0.1, -0.05) is 37.3 Å². The van der Waals surface area contributed by atoms with Gasteiger partial charge >= 0.3 is 0 Å². The SMILES string of the molecule is CC1CCC(NCc2ccc3c(c2)Cc2c(-c4ccccc4F)n[nH]c2-3)CC1. The zero-order valence-corrected chi connectivity index (χ0v) is 16.3. The fourth-order valence-electron chi connectivity index (χ4n) is 4.70. The molecule has 28 heavy (non-hydrogen) atoms. The van der Waals surface area contributed by atoms with Crippen molar-refractivity contribution in [1.29, 1.82) is 0 Å². The average molecular weight is 375 g/mol. The maximum absolute atomic E-state index is 14.3. The van der Waals surface area contributed by atoms with E-state index in [2.05, 4.69) is 40.6 Å². The topological polar surface area (TPSA) is 40.7 Å². The average Bonchev–Trinajstić information content (AvgIpc) is 3.27. The van der Waals surface area contributed by atoms with E-state index in [1.54, 1.807) is 12.1 Å². The molecule has 0 aliphatic heterocycles. The summed E-state index contributed by atoms with van der Waals surface area (Å²) in [6, 6.07) is 14.2. The highest BCUT2D eigenvalue weighted by Crippen LogP contribution is 2.40. The number of hydrogen-bond donors (Lipinski definition) is 2. The van der Waals surface area contributed by atoms with Crippen molar-refractivity contribution in [2.45, 2.75) is 51.6 Å². The Kier molecular flexibility index (Phi) is 4.52. The smallest absolute Gasteiger partial charge is 0.132 e. The van der Waals surface area contributed by atoms with E-state index >= 15 is 0 Å². The number of hydrogen-bond acceptors (Lipinski definition) is 2. The van der Waals surface area contributed by atoms with Crippen molar-refractivity contribution in [1.82, 2.24) is 15.5 Å². The van der Waals surface area contributed by atoms with Crippen molar-refractivity contribution in [3.8, 4) is 22.5 Å². The van der Waals surface area contributed by atoms with Crippen LogP contribution in [0.15, 0.2) is 42.5 Å². The number of nitrogens with zero attached hydrogens (tertiary/aromatic N) is 1. The first-order valence-electron chi connectivity index (χ1n) is 10.4. The number of fused-ring (bicyclic) bond motifs is 3. The van der Waals surface area contributed by atoms with Crippen molar-refractivity contribution in [2.24, 2.45) is 5.92 Å². The second-order valence-corrected chi connectivity index (χ2v) is 8.41. The van der Waals surface area contributed by atoms with Gasteiger partial charge in [-0.25, -0.2) is 4.39 Å². The minimum atomic E-state index is -0.223. The number of benzene rings is 2. The molecule has 0 bridgehead atoms. The van der Waals surface area contributed by atoms with Gasteiger partial charge in [-0.3, -0.25) is 5.10 Å². The molecule has 3 aromatic rings. The molecule has 1 fully saturated rings. The highest BCUT2D eigenvalue weighted by Gasteiger charge is 2.26. The third-order valence-electron chi connectivity index (χ3n) is 6.41. The molecule has 0 spiro atoms. The molecule has 0 radical (unpaired) electrons. The Bertz CT molecular complexity index is 999. The first-order chi connectivity index (χ1) is 13.7. The molecule has 2 aliphatic carbocycles. The van der Waals surface area contributed by atoms with E-state index < -0.39 is 0 Å². The Morgan fingerprint density at radius 1 is 1.07 bits per heavy atom. The standard InChI is InChI=1S/C24H26FN3/c1-15-6-9-18(10-7-15)26-14-16-8-11-19-17(12-16)13-21-23(19)27-28-24(21)20-4-2-3-5-22(20)25/h2-5,8,11-12,15,18,26H,6-7,9-10,13-14H2,1H3,(H,27,28). The number of halogens is 1. The van der Waals surface area contributed by atoms with Gasteiger partial charge in [-0.05, 0) is 54.9 Å². The second-order valence-electron chi connectivity index (χ2n) is 8.41. The molecule has 0 atom stereocenters. The van der Waals surface area contributed by atoms with Crippen LogP contribution in [0.2, 0.25) is 0 Å². The molecule has 5 rings (SSSR count). The first kappa shape index (κ1) is 17.6. The Morgan fingerprint density at radius 3 is 2.71 bits per heavy atom. The van der Waals surface area contributed by atoms with Gasteiger partial charge in [-0.2, -0.15) is 5.10 Å². The van der Waals surface area contributed by atoms with Crippen molar-refractivity contribution < 1.29 is 4.39 Å². The van der Waals surface area contributed by atoms with Gasteiger partial charge in [0, 0.05) is 35.7 Å². The van der Waals surface area contributed by atoms with Gasteiger partial charge < -0.3 is 5.32 Å². The monoisotopic (exact) mass is 375 g/mol. The van der Waals surface area contributed by atoms with Crippen LogP contribution in [-0.4, -0.2) is 16.2 Å². The summed E-state index contributed by atoms with van der Waals surface area (Å²) in [5.41, 5.74) is 7.27. The normalized spacial score (nSPS) is 20.8. The number of aromatic amines is 1. The Hall–Kier alpha value is -2.46. The summed E-state index contributed by atoms with van der Waals surface area (Å²) < 4.78 is 14.3. The van der Waals surface area contributed by atoms with Crippen molar-refractivity contribution in [3.63, 3.8) is 0 Å². The van der Waals surface area contributed by atoms with Gasteiger partial charge in [0.15, 0.2) is 0 Å². The van der Waals surface area contributed by atoms with E-state index in [9.17, 15) is 4.39 Å². The predicted octanol–water partition coefficient (Wildman–Crippen LogP) is 5.46. The van der Waals surface area contributed by atoms with E-state index in [0.717, 1.165) is 35.8 Å². The van der Waals surface area contributed by atoms with Crippen LogP contribution in [0.25, 0.3) is 22.5 Å². The molecule has 1 heterocycles. The summed E-state index contributed by atoms with van der Waals surface area (Å²) in [4.78, 5) is 0. The molecule has 3 nitrogen and oxygen atoms in total. The van der Waals surface area contributed by atoms with Crippen LogP contribution in [0.4, 0.5) is 4.39 Å². The van der Waals surface area contributed by atoms with Gasteiger partial charge in [-0.15, -0.1) is 0 Å². The summed E-state index contributed by atoms with van der Waals surface area (Å²) >= 11 is 0. The molecule has 144 valence electrons. The van der Waals surface area contributed by atoms with Gasteiger partial charge in [0.1, 0.15) is 5.82 Å². The van der Waals surface area contributed by atoms with Gasteiger partial charge in [0.25, 0.3) is 0 Å². The third kappa shape index (κ3) is 3.16. The molecule has 0 saturated heterocycles. The summed E-state index contributed by atoms with van der Waals surface area (Å²) in [5.74, 6) is 0.656. The molecule has 1 aromatic heterocycles. The van der Waals surface area contributed by atoms with Crippen LogP contribution in [-0.2, 0) is 13.0 Å². The van der Waals surface area contributed by atoms with Crippen LogP contribution < -0.4 is 5.32 Å². The van der Waals surface area contributed by atoms with Crippen LogP contribution in [0, 0.1) is 11.7 Å². The highest BCUT2D eigenvalue weighted by atomic mass is 19.1. The quantitative estimate of drug-likeness (QED) is 0.498. The zero-order chi connectivity index (χ0) is 19.1. The summed E-state index contributed by atoms with van der Waals surface area (Å²) in [6.07, 6.45) is 6.05.